The van der Waals surface area contributed by atoms with E-state index in [0.717, 1.165) is 5.69 Å². The molecule has 0 heterocycles. The molecule has 0 fully saturated rings. The average molecular weight is 333 g/mol. The van der Waals surface area contributed by atoms with Crippen LogP contribution in [0.25, 0.3) is 0 Å². The molecule has 0 amide bonds. The zero-order valence-electron chi connectivity index (χ0n) is 11.6. The smallest absolute Gasteiger partial charge is 0.133 e. The molecule has 0 unspecified atom stereocenters. The molecule has 0 bridgehead atoms. The molecule has 0 aliphatic heterocycles. The number of allylic oxidation sites excluding steroid dienone is 3. The van der Waals surface area contributed by atoms with Gasteiger partial charge in [0, 0.05) is 21.9 Å². The summed E-state index contributed by atoms with van der Waals surface area (Å²) in [6.45, 7) is 0. The van der Waals surface area contributed by atoms with Gasteiger partial charge in [-0.25, -0.2) is 0 Å². The normalized spacial score (nSPS) is 12.2. The molecule has 0 aliphatic rings. The summed E-state index contributed by atoms with van der Waals surface area (Å²) in [5.74, 6) is 0.0455. The SMILES string of the molecule is O/C(C=Nc1ccc(Cl)cc1)=C\C=C\Nc1ccc(Cl)cc1. The molecule has 0 atom stereocenters. The summed E-state index contributed by atoms with van der Waals surface area (Å²) in [6, 6.07) is 14.3. The van der Waals surface area contributed by atoms with Crippen LogP contribution in [0, 0.1) is 0 Å². The first-order chi connectivity index (χ1) is 10.6. The number of aliphatic hydroxyl groups excluding tert-OH is 1. The summed E-state index contributed by atoms with van der Waals surface area (Å²) in [7, 11) is 0. The molecular formula is C17H14Cl2N2O. The van der Waals surface area contributed by atoms with E-state index in [-0.39, 0.29) is 5.76 Å². The van der Waals surface area contributed by atoms with Crippen molar-refractivity contribution in [3.05, 3.63) is 82.7 Å². The van der Waals surface area contributed by atoms with Gasteiger partial charge in [0.1, 0.15) is 5.76 Å². The summed E-state index contributed by atoms with van der Waals surface area (Å²) < 4.78 is 0. The van der Waals surface area contributed by atoms with Crippen LogP contribution in [0.1, 0.15) is 0 Å². The van der Waals surface area contributed by atoms with Crippen LogP contribution in [0.4, 0.5) is 11.4 Å². The van der Waals surface area contributed by atoms with Gasteiger partial charge < -0.3 is 10.4 Å². The Labute approximate surface area is 139 Å². The van der Waals surface area contributed by atoms with Crippen molar-refractivity contribution in [3.63, 3.8) is 0 Å². The molecular weight excluding hydrogens is 319 g/mol. The van der Waals surface area contributed by atoms with Crippen molar-refractivity contribution in [2.45, 2.75) is 0 Å². The minimum absolute atomic E-state index is 0.0455. The third-order valence-corrected chi connectivity index (χ3v) is 3.13. The third-order valence-electron chi connectivity index (χ3n) is 2.63. The van der Waals surface area contributed by atoms with Crippen LogP contribution in [0.3, 0.4) is 0 Å². The van der Waals surface area contributed by atoms with Crippen LogP contribution >= 0.6 is 23.2 Å². The summed E-state index contributed by atoms with van der Waals surface area (Å²) in [5.41, 5.74) is 1.62. The van der Waals surface area contributed by atoms with Crippen molar-refractivity contribution >= 4 is 40.8 Å². The Morgan fingerprint density at radius 2 is 1.55 bits per heavy atom. The Balaban J connectivity index is 1.87. The summed E-state index contributed by atoms with van der Waals surface area (Å²) in [5, 5.41) is 14.1. The highest BCUT2D eigenvalue weighted by Crippen LogP contribution is 2.16. The largest absolute Gasteiger partial charge is 0.506 e. The lowest BCUT2D eigenvalue weighted by Gasteiger charge is -1.99. The summed E-state index contributed by atoms with van der Waals surface area (Å²) >= 11 is 11.6. The molecule has 2 N–H and O–H groups in total. The fourth-order valence-corrected chi connectivity index (χ4v) is 1.80. The maximum absolute atomic E-state index is 9.69. The number of anilines is 1. The Hall–Kier alpha value is -2.23. The molecule has 5 heteroatoms. The van der Waals surface area contributed by atoms with Crippen LogP contribution < -0.4 is 5.32 Å². The second-order valence-electron chi connectivity index (χ2n) is 4.34. The number of hydrogen-bond donors (Lipinski definition) is 2. The predicted molar refractivity (Wildman–Crippen MR) is 94.5 cm³/mol. The van der Waals surface area contributed by atoms with E-state index in [1.165, 1.54) is 12.3 Å². The fraction of sp³-hybridized carbons (Fsp3) is 0. The molecule has 2 aromatic carbocycles. The molecule has 0 saturated heterocycles. The van der Waals surface area contributed by atoms with Crippen LogP contribution in [-0.4, -0.2) is 11.3 Å². The Kier molecular flexibility index (Phi) is 6.07. The maximum Gasteiger partial charge on any atom is 0.133 e. The number of nitrogens with zero attached hydrogens (tertiary/aromatic N) is 1. The predicted octanol–water partition coefficient (Wildman–Crippen LogP) is 5.76. The second-order valence-corrected chi connectivity index (χ2v) is 5.21. The van der Waals surface area contributed by atoms with Crippen LogP contribution in [-0.2, 0) is 0 Å². The standard InChI is InChI=1S/C17H14Cl2N2O/c18-13-3-7-15(8-4-13)20-11-1-2-17(22)12-21-16-9-5-14(19)6-10-16/h1-12,20,22H/b11-1+,17-2-,21-12?. The van der Waals surface area contributed by atoms with E-state index >= 15 is 0 Å². The Bertz CT molecular complexity index is 690. The summed E-state index contributed by atoms with van der Waals surface area (Å²) in [4.78, 5) is 4.12. The molecule has 22 heavy (non-hydrogen) atoms. The first-order valence-electron chi connectivity index (χ1n) is 6.51. The molecule has 0 saturated carbocycles. The molecule has 0 spiro atoms. The zero-order chi connectivity index (χ0) is 15.8. The highest BCUT2D eigenvalue weighted by atomic mass is 35.5. The van der Waals surface area contributed by atoms with Crippen molar-refractivity contribution in [1.82, 2.24) is 0 Å². The van der Waals surface area contributed by atoms with Gasteiger partial charge in [0.05, 0.1) is 11.9 Å². The molecule has 0 radical (unpaired) electrons. The first kappa shape index (κ1) is 16.1. The van der Waals surface area contributed by atoms with Gasteiger partial charge in [-0.15, -0.1) is 0 Å². The van der Waals surface area contributed by atoms with Gasteiger partial charge in [-0.3, -0.25) is 4.99 Å². The molecule has 0 aliphatic carbocycles. The van der Waals surface area contributed by atoms with Crippen molar-refractivity contribution in [3.8, 4) is 0 Å². The van der Waals surface area contributed by atoms with Gasteiger partial charge in [0.15, 0.2) is 0 Å². The van der Waals surface area contributed by atoms with Crippen molar-refractivity contribution in [2.75, 3.05) is 5.32 Å². The maximum atomic E-state index is 9.69. The number of rotatable bonds is 5. The van der Waals surface area contributed by atoms with E-state index < -0.39 is 0 Å². The van der Waals surface area contributed by atoms with E-state index in [9.17, 15) is 5.11 Å². The lowest BCUT2D eigenvalue weighted by Crippen LogP contribution is -1.86. The van der Waals surface area contributed by atoms with Crippen molar-refractivity contribution < 1.29 is 5.11 Å². The van der Waals surface area contributed by atoms with Crippen LogP contribution in [0.15, 0.2) is 77.6 Å². The number of nitrogens with one attached hydrogen (secondary N) is 1. The van der Waals surface area contributed by atoms with Gasteiger partial charge in [0.2, 0.25) is 0 Å². The topological polar surface area (TPSA) is 44.6 Å². The van der Waals surface area contributed by atoms with Crippen molar-refractivity contribution in [2.24, 2.45) is 4.99 Å². The van der Waals surface area contributed by atoms with Gasteiger partial charge in [-0.05, 0) is 60.7 Å². The van der Waals surface area contributed by atoms with E-state index in [1.54, 1.807) is 48.7 Å². The number of aliphatic imine (C=N–C) groups is 1. The van der Waals surface area contributed by atoms with E-state index in [0.29, 0.717) is 15.7 Å². The Morgan fingerprint density at radius 3 is 2.18 bits per heavy atom. The zero-order valence-corrected chi connectivity index (χ0v) is 13.1. The van der Waals surface area contributed by atoms with Gasteiger partial charge in [-0.2, -0.15) is 0 Å². The third kappa shape index (κ3) is 5.64. The van der Waals surface area contributed by atoms with E-state index in [4.69, 9.17) is 23.2 Å². The number of hydrogen-bond acceptors (Lipinski definition) is 3. The molecule has 112 valence electrons. The van der Waals surface area contributed by atoms with Gasteiger partial charge in [-0.1, -0.05) is 23.2 Å². The molecule has 2 rings (SSSR count). The highest BCUT2D eigenvalue weighted by molar-refractivity contribution is 6.30. The van der Waals surface area contributed by atoms with E-state index in [2.05, 4.69) is 10.3 Å². The van der Waals surface area contributed by atoms with E-state index in [1.807, 2.05) is 12.1 Å². The molecule has 2 aromatic rings. The summed E-state index contributed by atoms with van der Waals surface area (Å²) in [6.07, 6.45) is 6.28. The van der Waals surface area contributed by atoms with Crippen LogP contribution in [0.5, 0.6) is 0 Å². The van der Waals surface area contributed by atoms with Crippen LogP contribution in [0.2, 0.25) is 10.0 Å². The lowest BCUT2D eigenvalue weighted by molar-refractivity contribution is 0.446. The molecule has 3 nitrogen and oxygen atoms in total. The minimum Gasteiger partial charge on any atom is -0.506 e. The molecule has 0 aromatic heterocycles. The lowest BCUT2D eigenvalue weighted by atomic mass is 10.3. The monoisotopic (exact) mass is 332 g/mol. The van der Waals surface area contributed by atoms with Crippen molar-refractivity contribution in [1.29, 1.82) is 0 Å². The van der Waals surface area contributed by atoms with Gasteiger partial charge >= 0.3 is 0 Å². The number of halogens is 2. The fourth-order valence-electron chi connectivity index (χ4n) is 1.55. The Morgan fingerprint density at radius 1 is 0.955 bits per heavy atom. The number of aliphatic hydroxyl groups is 1. The average Bonchev–Trinajstić information content (AvgIpc) is 2.53. The highest BCUT2D eigenvalue weighted by Gasteiger charge is 1.90. The minimum atomic E-state index is 0.0455. The second kappa shape index (κ2) is 8.27. The first-order valence-corrected chi connectivity index (χ1v) is 7.26. The number of benzene rings is 2. The quantitative estimate of drug-likeness (QED) is 0.415. The van der Waals surface area contributed by atoms with Gasteiger partial charge in [0.25, 0.3) is 0 Å².